The van der Waals surface area contributed by atoms with Crippen LogP contribution in [0.4, 0.5) is 0 Å². The first-order chi connectivity index (χ1) is 9.27. The zero-order valence-electron chi connectivity index (χ0n) is 11.4. The molecule has 2 N–H and O–H groups in total. The molecule has 0 spiro atoms. The first-order valence-electron chi connectivity index (χ1n) is 6.71. The van der Waals surface area contributed by atoms with Crippen molar-refractivity contribution in [3.05, 3.63) is 34.6 Å². The van der Waals surface area contributed by atoms with Crippen LogP contribution in [0.1, 0.15) is 44.2 Å². The molecule has 19 heavy (non-hydrogen) atoms. The van der Waals surface area contributed by atoms with Crippen LogP contribution < -0.4 is 5.32 Å². The van der Waals surface area contributed by atoms with Gasteiger partial charge in [-0.2, -0.15) is 5.10 Å². The number of nitrogens with one attached hydrogen (secondary N) is 2. The van der Waals surface area contributed by atoms with Gasteiger partial charge in [-0.05, 0) is 35.3 Å². The Morgan fingerprint density at radius 2 is 2.26 bits per heavy atom. The van der Waals surface area contributed by atoms with Crippen LogP contribution in [0.25, 0.3) is 0 Å². The third-order valence-corrected chi connectivity index (χ3v) is 3.54. The van der Waals surface area contributed by atoms with Gasteiger partial charge in [-0.15, -0.1) is 0 Å². The Kier molecular flexibility index (Phi) is 5.15. The van der Waals surface area contributed by atoms with E-state index in [1.807, 2.05) is 17.1 Å². The standard InChI is InChI=1S/C13H20BrN5/c1-3-5-15-11(13-16-6-7-17-13)12-10(14)9-18-19(12)8-4-2/h6-7,9,11,15H,3-5,8H2,1-2H3,(H,16,17). The van der Waals surface area contributed by atoms with Crippen LogP contribution in [-0.2, 0) is 6.54 Å². The van der Waals surface area contributed by atoms with Gasteiger partial charge in [-0.3, -0.25) is 4.68 Å². The second-order valence-corrected chi connectivity index (χ2v) is 5.32. The van der Waals surface area contributed by atoms with Gasteiger partial charge in [0.1, 0.15) is 11.9 Å². The van der Waals surface area contributed by atoms with Crippen LogP contribution in [0.15, 0.2) is 23.1 Å². The third-order valence-electron chi connectivity index (χ3n) is 2.93. The van der Waals surface area contributed by atoms with Crippen molar-refractivity contribution in [2.75, 3.05) is 6.54 Å². The van der Waals surface area contributed by atoms with Crippen molar-refractivity contribution in [2.24, 2.45) is 0 Å². The summed E-state index contributed by atoms with van der Waals surface area (Å²) in [7, 11) is 0. The van der Waals surface area contributed by atoms with E-state index in [4.69, 9.17) is 0 Å². The molecule has 0 fully saturated rings. The van der Waals surface area contributed by atoms with Gasteiger partial charge in [0.25, 0.3) is 0 Å². The number of H-pyrrole nitrogens is 1. The van der Waals surface area contributed by atoms with Gasteiger partial charge < -0.3 is 10.3 Å². The van der Waals surface area contributed by atoms with Crippen molar-refractivity contribution in [3.63, 3.8) is 0 Å². The largest absolute Gasteiger partial charge is 0.347 e. The highest BCUT2D eigenvalue weighted by Gasteiger charge is 2.23. The second-order valence-electron chi connectivity index (χ2n) is 4.46. The lowest BCUT2D eigenvalue weighted by atomic mass is 10.2. The maximum atomic E-state index is 4.43. The summed E-state index contributed by atoms with van der Waals surface area (Å²) in [6, 6.07) is 0.0402. The van der Waals surface area contributed by atoms with Crippen LogP contribution in [0, 0.1) is 0 Å². The number of rotatable bonds is 7. The molecular formula is C13H20BrN5. The number of imidazole rings is 1. The minimum Gasteiger partial charge on any atom is -0.347 e. The van der Waals surface area contributed by atoms with E-state index in [9.17, 15) is 0 Å². The van der Waals surface area contributed by atoms with E-state index in [0.29, 0.717) is 0 Å². The number of aromatic amines is 1. The minimum absolute atomic E-state index is 0.0402. The molecule has 0 radical (unpaired) electrons. The lowest BCUT2D eigenvalue weighted by molar-refractivity contribution is 0.499. The third kappa shape index (κ3) is 3.25. The van der Waals surface area contributed by atoms with Crippen LogP contribution >= 0.6 is 15.9 Å². The normalized spacial score (nSPS) is 12.8. The van der Waals surface area contributed by atoms with E-state index in [0.717, 1.165) is 41.9 Å². The lowest BCUT2D eigenvalue weighted by Crippen LogP contribution is -2.27. The fourth-order valence-electron chi connectivity index (χ4n) is 2.10. The Labute approximate surface area is 121 Å². The van der Waals surface area contributed by atoms with Gasteiger partial charge in [-0.1, -0.05) is 13.8 Å². The Bertz CT molecular complexity index is 491. The van der Waals surface area contributed by atoms with Crippen molar-refractivity contribution < 1.29 is 0 Å². The van der Waals surface area contributed by atoms with Crippen molar-refractivity contribution in [2.45, 2.75) is 39.3 Å². The Morgan fingerprint density at radius 1 is 1.42 bits per heavy atom. The van der Waals surface area contributed by atoms with Gasteiger partial charge in [0.2, 0.25) is 0 Å². The molecule has 0 aliphatic heterocycles. The molecule has 5 nitrogen and oxygen atoms in total. The number of halogens is 1. The highest BCUT2D eigenvalue weighted by molar-refractivity contribution is 9.10. The molecule has 2 aromatic heterocycles. The molecule has 2 heterocycles. The van der Waals surface area contributed by atoms with Gasteiger partial charge in [0, 0.05) is 18.9 Å². The van der Waals surface area contributed by atoms with Crippen molar-refractivity contribution in [3.8, 4) is 0 Å². The number of aryl methyl sites for hydroxylation is 1. The number of hydrogen-bond acceptors (Lipinski definition) is 3. The molecule has 0 bridgehead atoms. The van der Waals surface area contributed by atoms with E-state index in [-0.39, 0.29) is 6.04 Å². The summed E-state index contributed by atoms with van der Waals surface area (Å²) < 4.78 is 3.06. The summed E-state index contributed by atoms with van der Waals surface area (Å²) in [4.78, 5) is 7.58. The molecule has 0 aliphatic carbocycles. The smallest absolute Gasteiger partial charge is 0.129 e. The van der Waals surface area contributed by atoms with Crippen LogP contribution in [-0.4, -0.2) is 26.3 Å². The number of nitrogens with zero attached hydrogens (tertiary/aromatic N) is 3. The maximum absolute atomic E-state index is 4.43. The first-order valence-corrected chi connectivity index (χ1v) is 7.51. The predicted octanol–water partition coefficient (Wildman–Crippen LogP) is 2.87. The molecule has 0 aromatic carbocycles. The van der Waals surface area contributed by atoms with Crippen LogP contribution in [0.3, 0.4) is 0 Å². The average molecular weight is 326 g/mol. The molecule has 104 valence electrons. The lowest BCUT2D eigenvalue weighted by Gasteiger charge is -2.18. The summed E-state index contributed by atoms with van der Waals surface area (Å²) in [5.41, 5.74) is 1.13. The second kappa shape index (κ2) is 6.86. The van der Waals surface area contributed by atoms with E-state index in [1.165, 1.54) is 0 Å². The van der Waals surface area contributed by atoms with Gasteiger partial charge in [-0.25, -0.2) is 4.98 Å². The van der Waals surface area contributed by atoms with Gasteiger partial charge in [0.15, 0.2) is 0 Å². The predicted molar refractivity (Wildman–Crippen MR) is 78.9 cm³/mol. The van der Waals surface area contributed by atoms with Gasteiger partial charge >= 0.3 is 0 Å². The summed E-state index contributed by atoms with van der Waals surface area (Å²) in [6.45, 7) is 6.16. The SMILES string of the molecule is CCCNC(c1ncc[nH]1)c1c(Br)cnn1CCC. The first kappa shape index (κ1) is 14.3. The molecule has 6 heteroatoms. The Hall–Kier alpha value is -1.14. The highest BCUT2D eigenvalue weighted by atomic mass is 79.9. The molecule has 0 aliphatic rings. The summed E-state index contributed by atoms with van der Waals surface area (Å²) >= 11 is 3.60. The van der Waals surface area contributed by atoms with Crippen molar-refractivity contribution in [1.82, 2.24) is 25.1 Å². The van der Waals surface area contributed by atoms with Gasteiger partial charge in [0.05, 0.1) is 16.4 Å². The monoisotopic (exact) mass is 325 g/mol. The molecular weight excluding hydrogens is 306 g/mol. The Balaban J connectivity index is 2.34. The summed E-state index contributed by atoms with van der Waals surface area (Å²) in [5, 5.41) is 7.96. The quantitative estimate of drug-likeness (QED) is 0.822. The fraction of sp³-hybridized carbons (Fsp3) is 0.538. The van der Waals surface area contributed by atoms with E-state index in [2.05, 4.69) is 50.2 Å². The van der Waals surface area contributed by atoms with E-state index in [1.54, 1.807) is 6.20 Å². The minimum atomic E-state index is 0.0402. The van der Waals surface area contributed by atoms with E-state index < -0.39 is 0 Å². The summed E-state index contributed by atoms with van der Waals surface area (Å²) in [6.07, 6.45) is 7.62. The topological polar surface area (TPSA) is 58.5 Å². The molecule has 2 rings (SSSR count). The van der Waals surface area contributed by atoms with Crippen LogP contribution in [0.2, 0.25) is 0 Å². The molecule has 2 aromatic rings. The average Bonchev–Trinajstić information content (AvgIpc) is 3.03. The van der Waals surface area contributed by atoms with Crippen molar-refractivity contribution in [1.29, 1.82) is 0 Å². The summed E-state index contributed by atoms with van der Waals surface area (Å²) in [5.74, 6) is 0.923. The van der Waals surface area contributed by atoms with E-state index >= 15 is 0 Å². The number of aromatic nitrogens is 4. The Morgan fingerprint density at radius 3 is 2.89 bits per heavy atom. The zero-order valence-corrected chi connectivity index (χ0v) is 12.9. The molecule has 0 saturated heterocycles. The van der Waals surface area contributed by atoms with Crippen LogP contribution in [0.5, 0.6) is 0 Å². The zero-order chi connectivity index (χ0) is 13.7. The molecule has 1 atom stereocenters. The maximum Gasteiger partial charge on any atom is 0.129 e. The van der Waals surface area contributed by atoms with Crippen molar-refractivity contribution >= 4 is 15.9 Å². The number of hydrogen-bond donors (Lipinski definition) is 2. The fourth-order valence-corrected chi connectivity index (χ4v) is 2.62. The molecule has 1 unspecified atom stereocenters. The molecule has 0 amide bonds. The highest BCUT2D eigenvalue weighted by Crippen LogP contribution is 2.27. The molecule has 0 saturated carbocycles.